The van der Waals surface area contributed by atoms with E-state index in [0.717, 1.165) is 18.7 Å². The Morgan fingerprint density at radius 3 is 2.79 bits per heavy atom. The Morgan fingerprint density at radius 2 is 2.11 bits per heavy atom. The van der Waals surface area contributed by atoms with E-state index in [2.05, 4.69) is 36.2 Å². The number of benzene rings is 1. The number of likely N-dealkylation sites (N-methyl/N-ethyl adjacent to an activating group) is 1. The van der Waals surface area contributed by atoms with Crippen molar-refractivity contribution in [2.24, 2.45) is 0 Å². The molecule has 0 radical (unpaired) electrons. The summed E-state index contributed by atoms with van der Waals surface area (Å²) in [4.78, 5) is 14.4. The van der Waals surface area contributed by atoms with Crippen molar-refractivity contribution >= 4 is 5.91 Å². The fourth-order valence-electron chi connectivity index (χ4n) is 2.73. The molecule has 3 heteroatoms. The molecule has 104 valence electrons. The summed E-state index contributed by atoms with van der Waals surface area (Å²) >= 11 is 0. The molecule has 0 spiro atoms. The second-order valence-electron chi connectivity index (χ2n) is 5.39. The van der Waals surface area contributed by atoms with Crippen LogP contribution in [0.5, 0.6) is 0 Å². The Kier molecular flexibility index (Phi) is 4.97. The number of nitrogens with zero attached hydrogens (tertiary/aromatic N) is 1. The fourth-order valence-corrected chi connectivity index (χ4v) is 2.73. The van der Waals surface area contributed by atoms with Crippen molar-refractivity contribution in [1.82, 2.24) is 10.2 Å². The second kappa shape index (κ2) is 6.71. The van der Waals surface area contributed by atoms with Gasteiger partial charge in [-0.15, -0.1) is 0 Å². The summed E-state index contributed by atoms with van der Waals surface area (Å²) in [6, 6.07) is 8.70. The fraction of sp³-hybridized carbons (Fsp3) is 0.562. The van der Waals surface area contributed by atoms with Crippen molar-refractivity contribution in [2.75, 3.05) is 19.6 Å². The highest BCUT2D eigenvalue weighted by molar-refractivity contribution is 5.78. The molecule has 1 heterocycles. The van der Waals surface area contributed by atoms with Crippen LogP contribution in [0, 0.1) is 6.92 Å². The average Bonchev–Trinajstić information content (AvgIpc) is 2.86. The zero-order chi connectivity index (χ0) is 13.7. The van der Waals surface area contributed by atoms with Crippen molar-refractivity contribution in [3.05, 3.63) is 35.4 Å². The van der Waals surface area contributed by atoms with E-state index in [1.807, 2.05) is 12.1 Å². The number of nitrogens with one attached hydrogen (secondary N) is 1. The third-order valence-corrected chi connectivity index (χ3v) is 3.93. The van der Waals surface area contributed by atoms with Crippen LogP contribution in [0.15, 0.2) is 24.3 Å². The largest absolute Gasteiger partial charge is 0.354 e. The van der Waals surface area contributed by atoms with Crippen LogP contribution in [0.1, 0.15) is 30.9 Å². The second-order valence-corrected chi connectivity index (χ2v) is 5.39. The predicted molar refractivity (Wildman–Crippen MR) is 78.2 cm³/mol. The highest BCUT2D eigenvalue weighted by Crippen LogP contribution is 2.15. The van der Waals surface area contributed by atoms with Gasteiger partial charge >= 0.3 is 0 Å². The Morgan fingerprint density at radius 1 is 1.37 bits per heavy atom. The molecule has 2 rings (SSSR count). The summed E-state index contributed by atoms with van der Waals surface area (Å²) in [6.45, 7) is 7.29. The van der Waals surface area contributed by atoms with E-state index in [1.165, 1.54) is 24.9 Å². The van der Waals surface area contributed by atoms with Crippen molar-refractivity contribution in [3.63, 3.8) is 0 Å². The molecule has 1 amide bonds. The van der Waals surface area contributed by atoms with Crippen LogP contribution in [0.3, 0.4) is 0 Å². The molecule has 1 aromatic rings. The van der Waals surface area contributed by atoms with Crippen molar-refractivity contribution < 1.29 is 4.79 Å². The standard InChI is InChI=1S/C16H24N2O/c1-3-18-10-4-5-15(18)12-17-16(19)11-14-8-6-13(2)7-9-14/h6-9,15H,3-5,10-12H2,1-2H3,(H,17,19)/t15-/m0/s1. The molecule has 0 unspecified atom stereocenters. The maximum atomic E-state index is 11.9. The van der Waals surface area contributed by atoms with Gasteiger partial charge in [0.05, 0.1) is 6.42 Å². The lowest BCUT2D eigenvalue weighted by atomic mass is 10.1. The number of amides is 1. The number of likely N-dealkylation sites (tertiary alicyclic amines) is 1. The van der Waals surface area contributed by atoms with E-state index >= 15 is 0 Å². The molecule has 0 aromatic heterocycles. The molecule has 0 aliphatic carbocycles. The minimum atomic E-state index is 0.131. The molecule has 1 saturated heterocycles. The number of carbonyl (C=O) groups excluding carboxylic acids is 1. The summed E-state index contributed by atoms with van der Waals surface area (Å²) < 4.78 is 0. The molecule has 1 N–H and O–H groups in total. The van der Waals surface area contributed by atoms with Gasteiger partial charge in [0.15, 0.2) is 0 Å². The molecular formula is C16H24N2O. The average molecular weight is 260 g/mol. The first-order valence-corrected chi connectivity index (χ1v) is 7.25. The Balaban J connectivity index is 1.77. The molecule has 1 aliphatic rings. The highest BCUT2D eigenvalue weighted by atomic mass is 16.1. The van der Waals surface area contributed by atoms with Gasteiger partial charge in [-0.3, -0.25) is 9.69 Å². The SMILES string of the molecule is CCN1CCC[C@H]1CNC(=O)Cc1ccc(C)cc1. The van der Waals surface area contributed by atoms with E-state index in [9.17, 15) is 4.79 Å². The van der Waals surface area contributed by atoms with Crippen molar-refractivity contribution in [3.8, 4) is 0 Å². The van der Waals surface area contributed by atoms with Crippen LogP contribution >= 0.6 is 0 Å². The minimum Gasteiger partial charge on any atom is -0.354 e. The molecule has 3 nitrogen and oxygen atoms in total. The van der Waals surface area contributed by atoms with Gasteiger partial charge in [0.1, 0.15) is 0 Å². The monoisotopic (exact) mass is 260 g/mol. The van der Waals surface area contributed by atoms with Crippen LogP contribution in [-0.2, 0) is 11.2 Å². The molecule has 0 saturated carbocycles. The number of hydrogen-bond donors (Lipinski definition) is 1. The molecule has 0 bridgehead atoms. The first-order chi connectivity index (χ1) is 9.19. The predicted octanol–water partition coefficient (Wildman–Crippen LogP) is 2.14. The third kappa shape index (κ3) is 4.06. The quantitative estimate of drug-likeness (QED) is 0.879. The molecule has 1 aromatic carbocycles. The van der Waals surface area contributed by atoms with Crippen LogP contribution in [0.4, 0.5) is 0 Å². The van der Waals surface area contributed by atoms with E-state index in [1.54, 1.807) is 0 Å². The van der Waals surface area contributed by atoms with Crippen LogP contribution in [0.2, 0.25) is 0 Å². The molecule has 1 aliphatic heterocycles. The van der Waals surface area contributed by atoms with Gasteiger partial charge in [0.25, 0.3) is 0 Å². The molecule has 1 fully saturated rings. The Bertz CT molecular complexity index is 413. The molecular weight excluding hydrogens is 236 g/mol. The van der Waals surface area contributed by atoms with Gasteiger partial charge in [-0.1, -0.05) is 36.8 Å². The zero-order valence-corrected chi connectivity index (χ0v) is 12.0. The van der Waals surface area contributed by atoms with Crippen LogP contribution < -0.4 is 5.32 Å². The van der Waals surface area contributed by atoms with E-state index in [-0.39, 0.29) is 5.91 Å². The maximum absolute atomic E-state index is 11.9. The van der Waals surface area contributed by atoms with Gasteiger partial charge < -0.3 is 5.32 Å². The number of rotatable bonds is 5. The molecule has 19 heavy (non-hydrogen) atoms. The minimum absolute atomic E-state index is 0.131. The van der Waals surface area contributed by atoms with Gasteiger partial charge in [0, 0.05) is 12.6 Å². The summed E-state index contributed by atoms with van der Waals surface area (Å²) in [5.74, 6) is 0.131. The van der Waals surface area contributed by atoms with Gasteiger partial charge in [0.2, 0.25) is 5.91 Å². The van der Waals surface area contributed by atoms with Crippen molar-refractivity contribution in [2.45, 2.75) is 39.2 Å². The summed E-state index contributed by atoms with van der Waals surface area (Å²) in [5.41, 5.74) is 2.32. The number of carbonyl (C=O) groups is 1. The number of hydrogen-bond acceptors (Lipinski definition) is 2. The van der Waals surface area contributed by atoms with Gasteiger partial charge in [-0.2, -0.15) is 0 Å². The first-order valence-electron chi connectivity index (χ1n) is 7.25. The van der Waals surface area contributed by atoms with Gasteiger partial charge in [-0.05, 0) is 38.4 Å². The lowest BCUT2D eigenvalue weighted by molar-refractivity contribution is -0.120. The molecule has 1 atom stereocenters. The third-order valence-electron chi connectivity index (χ3n) is 3.93. The van der Waals surface area contributed by atoms with E-state index in [0.29, 0.717) is 12.5 Å². The topological polar surface area (TPSA) is 32.3 Å². The number of aryl methyl sites for hydroxylation is 1. The van der Waals surface area contributed by atoms with E-state index < -0.39 is 0 Å². The zero-order valence-electron chi connectivity index (χ0n) is 12.0. The first kappa shape index (κ1) is 14.1. The lowest BCUT2D eigenvalue weighted by Crippen LogP contribution is -2.40. The normalized spacial score (nSPS) is 19.6. The van der Waals surface area contributed by atoms with Crippen LogP contribution in [-0.4, -0.2) is 36.5 Å². The maximum Gasteiger partial charge on any atom is 0.224 e. The summed E-state index contributed by atoms with van der Waals surface area (Å²) in [5, 5.41) is 3.07. The van der Waals surface area contributed by atoms with E-state index in [4.69, 9.17) is 0 Å². The summed E-state index contributed by atoms with van der Waals surface area (Å²) in [7, 11) is 0. The van der Waals surface area contributed by atoms with Crippen molar-refractivity contribution in [1.29, 1.82) is 0 Å². The van der Waals surface area contributed by atoms with Gasteiger partial charge in [-0.25, -0.2) is 0 Å². The Labute approximate surface area is 116 Å². The van der Waals surface area contributed by atoms with Crippen LogP contribution in [0.25, 0.3) is 0 Å². The smallest absolute Gasteiger partial charge is 0.224 e. The highest BCUT2D eigenvalue weighted by Gasteiger charge is 2.22. The summed E-state index contributed by atoms with van der Waals surface area (Å²) in [6.07, 6.45) is 2.95. The Hall–Kier alpha value is -1.35. The lowest BCUT2D eigenvalue weighted by Gasteiger charge is -2.22.